The van der Waals surface area contributed by atoms with Gasteiger partial charge in [-0.2, -0.15) is 0 Å². The van der Waals surface area contributed by atoms with E-state index in [1.165, 1.54) is 24.3 Å². The lowest BCUT2D eigenvalue weighted by molar-refractivity contribution is -0.118. The first-order valence-corrected chi connectivity index (χ1v) is 10.2. The van der Waals surface area contributed by atoms with Crippen molar-refractivity contribution in [2.75, 3.05) is 0 Å². The standard InChI is InChI=1S/C7H15NO.C6H6ClNO2S2.C2H6/c1-5(2)4-7(8)6(3)9;1-12(10,8-4-9)5-2-6(7)11-3-5;1-2/h5,7H,4,8H2,1-3H3;2-4H,1H2,(H,8,9,10);1-2H3. The molecule has 1 aromatic heterocycles. The predicted octanol–water partition coefficient (Wildman–Crippen LogP) is 3.11. The van der Waals surface area contributed by atoms with Gasteiger partial charge in [-0.25, -0.2) is 4.21 Å². The number of hydrogen-bond donors (Lipinski definition) is 2. The number of hydrogen-bond acceptors (Lipinski definition) is 5. The third-order valence-corrected chi connectivity index (χ3v) is 5.12. The molecule has 0 aliphatic rings. The van der Waals surface area contributed by atoms with E-state index in [-0.39, 0.29) is 11.8 Å². The van der Waals surface area contributed by atoms with Gasteiger partial charge < -0.3 is 5.73 Å². The summed E-state index contributed by atoms with van der Waals surface area (Å²) in [6, 6.07) is 1.28. The Morgan fingerprint density at radius 3 is 2.30 bits per heavy atom. The van der Waals surface area contributed by atoms with Crippen molar-refractivity contribution in [3.63, 3.8) is 0 Å². The molecule has 3 N–H and O–H groups in total. The smallest absolute Gasteiger partial charge is 0.218 e. The molecule has 0 spiro atoms. The Kier molecular flexibility index (Phi) is 13.3. The van der Waals surface area contributed by atoms with Crippen LogP contribution < -0.4 is 10.5 Å². The molecule has 0 bridgehead atoms. The molecule has 5 nitrogen and oxygen atoms in total. The number of nitrogens with one attached hydrogen (secondary N) is 1. The first-order chi connectivity index (χ1) is 10.6. The molecular formula is C15H27ClN2O3S2. The predicted molar refractivity (Wildman–Crippen MR) is 102 cm³/mol. The van der Waals surface area contributed by atoms with Crippen LogP contribution in [0.15, 0.2) is 16.3 Å². The summed E-state index contributed by atoms with van der Waals surface area (Å²) in [5, 5.41) is 1.61. The molecule has 1 amide bonds. The van der Waals surface area contributed by atoms with Crippen LogP contribution in [0, 0.1) is 5.92 Å². The highest BCUT2D eigenvalue weighted by Crippen LogP contribution is 2.22. The molecule has 0 aromatic carbocycles. The number of carbonyl (C=O) groups excluding carboxylic acids is 2. The Balaban J connectivity index is 0. The van der Waals surface area contributed by atoms with Gasteiger partial charge in [0.15, 0.2) is 0 Å². The van der Waals surface area contributed by atoms with Crippen LogP contribution in [0.5, 0.6) is 0 Å². The minimum absolute atomic E-state index is 0.0868. The van der Waals surface area contributed by atoms with E-state index in [0.717, 1.165) is 6.42 Å². The molecule has 8 heteroatoms. The van der Waals surface area contributed by atoms with Gasteiger partial charge in [0, 0.05) is 5.38 Å². The third-order valence-electron chi connectivity index (χ3n) is 2.41. The van der Waals surface area contributed by atoms with E-state index in [1.807, 2.05) is 13.8 Å². The molecule has 1 heterocycles. The van der Waals surface area contributed by atoms with Crippen LogP contribution >= 0.6 is 22.9 Å². The van der Waals surface area contributed by atoms with Gasteiger partial charge in [0.25, 0.3) is 0 Å². The molecule has 23 heavy (non-hydrogen) atoms. The number of Topliss-reactive ketones (excluding diaryl/α,β-unsaturated/α-hetero) is 1. The van der Waals surface area contributed by atoms with Crippen LogP contribution in [-0.2, 0) is 19.3 Å². The summed E-state index contributed by atoms with van der Waals surface area (Å²) in [5.41, 5.74) is 5.47. The summed E-state index contributed by atoms with van der Waals surface area (Å²) in [7, 11) is -2.68. The van der Waals surface area contributed by atoms with Crippen molar-refractivity contribution in [3.8, 4) is 0 Å². The van der Waals surface area contributed by atoms with Gasteiger partial charge in [0.2, 0.25) is 6.41 Å². The topological polar surface area (TPSA) is 89.3 Å². The minimum Gasteiger partial charge on any atom is -0.322 e. The number of halogens is 1. The summed E-state index contributed by atoms with van der Waals surface area (Å²) < 4.78 is 14.2. The van der Waals surface area contributed by atoms with E-state index in [0.29, 0.717) is 21.6 Å². The third kappa shape index (κ3) is 11.3. The van der Waals surface area contributed by atoms with E-state index < -0.39 is 9.71 Å². The zero-order chi connectivity index (χ0) is 18.6. The monoisotopic (exact) mass is 382 g/mol. The second-order valence-electron chi connectivity index (χ2n) is 4.84. The Hall–Kier alpha value is -0.890. The summed E-state index contributed by atoms with van der Waals surface area (Å²) >= 11 is 6.86. The maximum absolute atomic E-state index is 11.5. The molecule has 2 atom stereocenters. The van der Waals surface area contributed by atoms with E-state index in [1.54, 1.807) is 5.38 Å². The summed E-state index contributed by atoms with van der Waals surface area (Å²) in [5.74, 6) is 3.98. The van der Waals surface area contributed by atoms with Gasteiger partial charge in [0.1, 0.15) is 5.78 Å². The summed E-state index contributed by atoms with van der Waals surface area (Å²) in [6.45, 7) is 9.65. The summed E-state index contributed by atoms with van der Waals surface area (Å²) in [4.78, 5) is 21.0. The van der Waals surface area contributed by atoms with Crippen LogP contribution in [0.2, 0.25) is 4.34 Å². The first-order valence-electron chi connectivity index (χ1n) is 7.18. The lowest BCUT2D eigenvalue weighted by atomic mass is 10.0. The Labute approximate surface area is 148 Å². The molecule has 0 aliphatic heterocycles. The number of nitrogens with two attached hydrogens (primary N) is 1. The normalized spacial score (nSPS) is 13.6. The minimum atomic E-state index is -2.68. The number of carbonyl (C=O) groups is 2. The molecular weight excluding hydrogens is 356 g/mol. The highest BCUT2D eigenvalue weighted by Gasteiger charge is 2.09. The largest absolute Gasteiger partial charge is 0.322 e. The van der Waals surface area contributed by atoms with Gasteiger partial charge in [-0.15, -0.1) is 11.3 Å². The molecule has 1 rings (SSSR count). The molecule has 0 saturated heterocycles. The maximum atomic E-state index is 11.5. The van der Waals surface area contributed by atoms with Crippen LogP contribution in [0.3, 0.4) is 0 Å². The van der Waals surface area contributed by atoms with Gasteiger partial charge in [-0.05, 0) is 31.2 Å². The number of ketones is 1. The van der Waals surface area contributed by atoms with Gasteiger partial charge >= 0.3 is 0 Å². The van der Waals surface area contributed by atoms with Crippen molar-refractivity contribution < 1.29 is 13.8 Å². The highest BCUT2D eigenvalue weighted by atomic mass is 35.5. The fraction of sp³-hybridized carbons (Fsp3) is 0.533. The van der Waals surface area contributed by atoms with E-state index in [9.17, 15) is 13.8 Å². The number of rotatable bonds is 6. The molecule has 0 saturated carbocycles. The van der Waals surface area contributed by atoms with Crippen molar-refractivity contribution in [1.82, 2.24) is 4.72 Å². The Morgan fingerprint density at radius 2 is 2.04 bits per heavy atom. The second-order valence-corrected chi connectivity index (χ2v) is 8.44. The van der Waals surface area contributed by atoms with E-state index >= 15 is 0 Å². The highest BCUT2D eigenvalue weighted by molar-refractivity contribution is 7.99. The molecule has 0 aliphatic carbocycles. The average Bonchev–Trinajstić information content (AvgIpc) is 2.88. The van der Waals surface area contributed by atoms with Crippen molar-refractivity contribution in [2.24, 2.45) is 11.7 Å². The lowest BCUT2D eigenvalue weighted by Gasteiger charge is -2.08. The van der Waals surface area contributed by atoms with Gasteiger partial charge in [0.05, 0.1) is 25.0 Å². The molecule has 0 radical (unpaired) electrons. The SMILES string of the molecule is C=S(=O)(NC=O)c1csc(Cl)c1.CC.CC(=O)C(N)CC(C)C. The summed E-state index contributed by atoms with van der Waals surface area (Å²) in [6.07, 6.45) is 1.16. The van der Waals surface area contributed by atoms with Gasteiger partial charge in [-0.1, -0.05) is 39.3 Å². The number of amides is 1. The van der Waals surface area contributed by atoms with Crippen LogP contribution in [0.4, 0.5) is 0 Å². The maximum Gasteiger partial charge on any atom is 0.218 e. The van der Waals surface area contributed by atoms with Crippen molar-refractivity contribution >= 4 is 50.7 Å². The van der Waals surface area contributed by atoms with Crippen molar-refractivity contribution in [3.05, 3.63) is 15.8 Å². The fourth-order valence-corrected chi connectivity index (χ4v) is 3.53. The van der Waals surface area contributed by atoms with Crippen LogP contribution in [-0.4, -0.2) is 28.3 Å². The van der Waals surface area contributed by atoms with E-state index in [2.05, 4.69) is 24.4 Å². The van der Waals surface area contributed by atoms with Crippen molar-refractivity contribution in [1.29, 1.82) is 0 Å². The zero-order valence-corrected chi connectivity index (χ0v) is 16.7. The molecule has 134 valence electrons. The Bertz CT molecular complexity index is 569. The number of thiophene rings is 1. The fourth-order valence-electron chi connectivity index (χ4n) is 1.29. The lowest BCUT2D eigenvalue weighted by Crippen LogP contribution is -2.29. The second kappa shape index (κ2) is 12.5. The molecule has 2 unspecified atom stereocenters. The quantitative estimate of drug-likeness (QED) is 0.584. The van der Waals surface area contributed by atoms with Gasteiger partial charge in [-0.3, -0.25) is 14.3 Å². The molecule has 1 aromatic rings. The average molecular weight is 383 g/mol. The first kappa shape index (κ1) is 24.4. The van der Waals surface area contributed by atoms with Crippen LogP contribution in [0.25, 0.3) is 0 Å². The van der Waals surface area contributed by atoms with Crippen LogP contribution in [0.1, 0.15) is 41.0 Å². The zero-order valence-electron chi connectivity index (χ0n) is 14.3. The van der Waals surface area contributed by atoms with E-state index in [4.69, 9.17) is 17.3 Å². The Morgan fingerprint density at radius 1 is 1.52 bits per heavy atom. The molecule has 0 fully saturated rings. The van der Waals surface area contributed by atoms with Crippen molar-refractivity contribution in [2.45, 2.75) is 52.0 Å².